The second kappa shape index (κ2) is 10.4. The summed E-state index contributed by atoms with van der Waals surface area (Å²) in [6.45, 7) is 6.33. The number of hydrogen-bond acceptors (Lipinski definition) is 5. The number of nitrogens with one attached hydrogen (secondary N) is 2. The Hall–Kier alpha value is -3.27. The lowest BCUT2D eigenvalue weighted by molar-refractivity contribution is -0.116. The molecule has 10 heteroatoms. The van der Waals surface area contributed by atoms with E-state index < -0.39 is 17.5 Å². The molecule has 0 aliphatic rings. The summed E-state index contributed by atoms with van der Waals surface area (Å²) in [5, 5.41) is 14.1. The van der Waals surface area contributed by atoms with Crippen LogP contribution in [-0.2, 0) is 22.6 Å². The molecule has 3 rings (SSSR count). The first-order valence-corrected chi connectivity index (χ1v) is 10.9. The van der Waals surface area contributed by atoms with E-state index in [0.29, 0.717) is 17.5 Å². The van der Waals surface area contributed by atoms with E-state index in [2.05, 4.69) is 20.8 Å². The third kappa shape index (κ3) is 5.70. The van der Waals surface area contributed by atoms with Crippen LogP contribution in [-0.4, -0.2) is 32.3 Å². The van der Waals surface area contributed by atoms with E-state index in [1.54, 1.807) is 4.57 Å². The molecule has 2 aromatic carbocycles. The van der Waals surface area contributed by atoms with Crippen LogP contribution in [0.25, 0.3) is 0 Å². The zero-order chi connectivity index (χ0) is 23.3. The van der Waals surface area contributed by atoms with Gasteiger partial charge in [0.25, 0.3) is 0 Å². The number of benzene rings is 2. The van der Waals surface area contributed by atoms with Crippen LogP contribution >= 0.6 is 11.8 Å². The number of aryl methyl sites for hydroxylation is 1. The van der Waals surface area contributed by atoms with Gasteiger partial charge in [0.15, 0.2) is 16.8 Å². The number of aromatic nitrogens is 3. The monoisotopic (exact) mass is 459 g/mol. The maximum absolute atomic E-state index is 13.3. The number of nitrogens with zero attached hydrogens (tertiary/aromatic N) is 3. The fourth-order valence-electron chi connectivity index (χ4n) is 3.00. The normalized spacial score (nSPS) is 10.8. The number of hydrogen-bond donors (Lipinski definition) is 2. The van der Waals surface area contributed by atoms with E-state index in [-0.39, 0.29) is 23.8 Å². The van der Waals surface area contributed by atoms with Crippen molar-refractivity contribution in [2.45, 2.75) is 38.9 Å². The third-order valence-corrected chi connectivity index (χ3v) is 5.81. The quantitative estimate of drug-likeness (QED) is 0.495. The van der Waals surface area contributed by atoms with Gasteiger partial charge in [-0.3, -0.25) is 9.59 Å². The van der Waals surface area contributed by atoms with Crippen LogP contribution in [0.3, 0.4) is 0 Å². The number of rotatable bonds is 8. The summed E-state index contributed by atoms with van der Waals surface area (Å²) in [4.78, 5) is 24.7. The predicted molar refractivity (Wildman–Crippen MR) is 120 cm³/mol. The molecule has 0 unspecified atom stereocenters. The van der Waals surface area contributed by atoms with Gasteiger partial charge in [-0.15, -0.1) is 10.2 Å². The fraction of sp³-hybridized carbons (Fsp3) is 0.273. The Bertz CT molecular complexity index is 1150. The van der Waals surface area contributed by atoms with Crippen LogP contribution in [0.1, 0.15) is 23.9 Å². The summed E-state index contributed by atoms with van der Waals surface area (Å²) in [6, 6.07) is 8.85. The molecule has 168 valence electrons. The molecule has 0 aliphatic heterocycles. The standard InChI is InChI=1S/C22H23F2N5O2S/c1-4-29-19(11-20(30)26-18-7-5-6-13(2)14(18)3)27-28-22(29)32-12-21(31)25-15-8-9-16(23)17(24)10-15/h5-10H,4,11-12H2,1-3H3,(H,25,31)(H,26,30). The van der Waals surface area contributed by atoms with Crippen LogP contribution in [0.2, 0.25) is 0 Å². The van der Waals surface area contributed by atoms with E-state index in [1.807, 2.05) is 39.0 Å². The van der Waals surface area contributed by atoms with Gasteiger partial charge in [-0.1, -0.05) is 23.9 Å². The lowest BCUT2D eigenvalue weighted by Crippen LogP contribution is -2.18. The molecular weight excluding hydrogens is 436 g/mol. The molecule has 0 fully saturated rings. The number of carbonyl (C=O) groups excluding carboxylic acids is 2. The van der Waals surface area contributed by atoms with Gasteiger partial charge in [0.2, 0.25) is 11.8 Å². The molecule has 0 bridgehead atoms. The molecule has 0 atom stereocenters. The summed E-state index contributed by atoms with van der Waals surface area (Å²) >= 11 is 1.14. The molecular formula is C22H23F2N5O2S. The maximum Gasteiger partial charge on any atom is 0.234 e. The van der Waals surface area contributed by atoms with E-state index >= 15 is 0 Å². The highest BCUT2D eigenvalue weighted by Crippen LogP contribution is 2.21. The van der Waals surface area contributed by atoms with Crippen LogP contribution < -0.4 is 10.6 Å². The summed E-state index contributed by atoms with van der Waals surface area (Å²) in [5.74, 6) is -2.16. The van der Waals surface area contributed by atoms with Crippen LogP contribution in [0.15, 0.2) is 41.6 Å². The first kappa shape index (κ1) is 23.4. The molecule has 0 aliphatic carbocycles. The highest BCUT2D eigenvalue weighted by molar-refractivity contribution is 7.99. The van der Waals surface area contributed by atoms with Crippen molar-refractivity contribution in [2.24, 2.45) is 0 Å². The Labute approximate surface area is 188 Å². The topological polar surface area (TPSA) is 88.9 Å². The molecule has 1 aromatic heterocycles. The maximum atomic E-state index is 13.3. The molecule has 7 nitrogen and oxygen atoms in total. The Morgan fingerprint density at radius 2 is 1.81 bits per heavy atom. The zero-order valence-corrected chi connectivity index (χ0v) is 18.7. The van der Waals surface area contributed by atoms with E-state index in [4.69, 9.17) is 0 Å². The van der Waals surface area contributed by atoms with Gasteiger partial charge >= 0.3 is 0 Å². The average molecular weight is 460 g/mol. The van der Waals surface area contributed by atoms with Crippen molar-refractivity contribution in [1.29, 1.82) is 0 Å². The van der Waals surface area contributed by atoms with Gasteiger partial charge in [0.1, 0.15) is 5.82 Å². The summed E-state index contributed by atoms with van der Waals surface area (Å²) < 4.78 is 28.0. The van der Waals surface area contributed by atoms with Crippen molar-refractivity contribution in [1.82, 2.24) is 14.8 Å². The molecule has 0 spiro atoms. The van der Waals surface area contributed by atoms with Crippen LogP contribution in [0.4, 0.5) is 20.2 Å². The molecule has 0 saturated heterocycles. The van der Waals surface area contributed by atoms with Crippen LogP contribution in [0.5, 0.6) is 0 Å². The number of halogens is 2. The zero-order valence-electron chi connectivity index (χ0n) is 17.9. The van der Waals surface area contributed by atoms with Gasteiger partial charge in [-0.25, -0.2) is 8.78 Å². The Balaban J connectivity index is 1.60. The smallest absolute Gasteiger partial charge is 0.234 e. The summed E-state index contributed by atoms with van der Waals surface area (Å²) in [6.07, 6.45) is 0.0375. The van der Waals surface area contributed by atoms with Crippen molar-refractivity contribution < 1.29 is 18.4 Å². The minimum atomic E-state index is -1.04. The average Bonchev–Trinajstić information content (AvgIpc) is 3.13. The summed E-state index contributed by atoms with van der Waals surface area (Å²) in [7, 11) is 0. The first-order valence-electron chi connectivity index (χ1n) is 9.94. The van der Waals surface area contributed by atoms with E-state index in [0.717, 1.165) is 40.7 Å². The lowest BCUT2D eigenvalue weighted by atomic mass is 10.1. The first-order chi connectivity index (χ1) is 15.3. The Kier molecular flexibility index (Phi) is 7.57. The largest absolute Gasteiger partial charge is 0.325 e. The SMILES string of the molecule is CCn1c(CC(=O)Nc2cccc(C)c2C)nnc1SCC(=O)Nc1ccc(F)c(F)c1. The number of anilines is 2. The van der Waals surface area contributed by atoms with Gasteiger partial charge < -0.3 is 15.2 Å². The molecule has 2 amide bonds. The highest BCUT2D eigenvalue weighted by atomic mass is 32.2. The molecule has 0 saturated carbocycles. The minimum absolute atomic E-state index is 0.00812. The highest BCUT2D eigenvalue weighted by Gasteiger charge is 2.17. The van der Waals surface area contributed by atoms with Gasteiger partial charge in [-0.2, -0.15) is 0 Å². The molecule has 32 heavy (non-hydrogen) atoms. The van der Waals surface area contributed by atoms with E-state index in [9.17, 15) is 18.4 Å². The van der Waals surface area contributed by atoms with Gasteiger partial charge in [-0.05, 0) is 50.1 Å². The van der Waals surface area contributed by atoms with E-state index in [1.165, 1.54) is 6.07 Å². The molecule has 1 heterocycles. The van der Waals surface area contributed by atoms with Crippen molar-refractivity contribution >= 4 is 35.0 Å². The second-order valence-electron chi connectivity index (χ2n) is 7.08. The van der Waals surface area contributed by atoms with Crippen molar-refractivity contribution in [2.75, 3.05) is 16.4 Å². The van der Waals surface area contributed by atoms with Crippen molar-refractivity contribution in [3.8, 4) is 0 Å². The number of thioether (sulfide) groups is 1. The number of amides is 2. The lowest BCUT2D eigenvalue weighted by Gasteiger charge is -2.11. The third-order valence-electron chi connectivity index (χ3n) is 4.84. The van der Waals surface area contributed by atoms with Crippen molar-refractivity contribution in [3.05, 3.63) is 65.0 Å². The fourth-order valence-corrected chi connectivity index (χ4v) is 3.82. The van der Waals surface area contributed by atoms with Gasteiger partial charge in [0, 0.05) is 24.0 Å². The second-order valence-corrected chi connectivity index (χ2v) is 8.02. The molecule has 0 radical (unpaired) electrons. The summed E-state index contributed by atoms with van der Waals surface area (Å²) in [5.41, 5.74) is 3.00. The minimum Gasteiger partial charge on any atom is -0.325 e. The van der Waals surface area contributed by atoms with Gasteiger partial charge in [0.05, 0.1) is 12.2 Å². The molecule has 3 aromatic rings. The number of carbonyl (C=O) groups is 2. The Morgan fingerprint density at radius 1 is 1.03 bits per heavy atom. The predicted octanol–water partition coefficient (Wildman–Crippen LogP) is 4.11. The van der Waals surface area contributed by atoms with Crippen LogP contribution in [0, 0.1) is 25.5 Å². The molecule has 2 N–H and O–H groups in total. The van der Waals surface area contributed by atoms with Crippen molar-refractivity contribution in [3.63, 3.8) is 0 Å². The Morgan fingerprint density at radius 3 is 2.53 bits per heavy atom.